The summed E-state index contributed by atoms with van der Waals surface area (Å²) in [6.07, 6.45) is 1.62. The van der Waals surface area contributed by atoms with Gasteiger partial charge in [0, 0.05) is 6.42 Å². The second kappa shape index (κ2) is 13.4. The second-order valence-corrected chi connectivity index (χ2v) is 6.32. The molecule has 0 aromatic carbocycles. The zero-order valence-corrected chi connectivity index (χ0v) is 15.5. The molecule has 0 aliphatic heterocycles. The molecule has 3 amide bonds. The van der Waals surface area contributed by atoms with E-state index in [2.05, 4.69) is 23.3 Å². The van der Waals surface area contributed by atoms with Gasteiger partial charge in [0.2, 0.25) is 17.7 Å². The number of aliphatic carboxylic acids is 1. The maximum Gasteiger partial charge on any atom is 0.326 e. The van der Waals surface area contributed by atoms with E-state index in [1.165, 1.54) is 0 Å². The molecule has 0 aliphatic carbocycles. The number of nitrogens with one attached hydrogen (secondary N) is 2. The highest BCUT2D eigenvalue weighted by molar-refractivity contribution is 7.80. The monoisotopic (exact) mass is 391 g/mol. The summed E-state index contributed by atoms with van der Waals surface area (Å²) in [7, 11) is 0. The summed E-state index contributed by atoms with van der Waals surface area (Å²) in [5, 5.41) is 14.1. The largest absolute Gasteiger partial charge is 0.480 e. The lowest BCUT2D eigenvalue weighted by atomic mass is 10.1. The van der Waals surface area contributed by atoms with Gasteiger partial charge in [-0.3, -0.25) is 14.4 Å². The minimum absolute atomic E-state index is 0.0488. The molecule has 0 aromatic heterocycles. The Morgan fingerprint density at radius 3 is 2.08 bits per heavy atom. The Labute approximate surface area is 158 Å². The van der Waals surface area contributed by atoms with E-state index in [-0.39, 0.29) is 25.7 Å². The van der Waals surface area contributed by atoms with Gasteiger partial charge in [-0.1, -0.05) is 0 Å². The molecular weight excluding hydrogens is 362 g/mol. The molecular formula is C15H29N5O5S. The van der Waals surface area contributed by atoms with Crippen LogP contribution in [0.15, 0.2) is 0 Å². The van der Waals surface area contributed by atoms with E-state index in [4.69, 9.17) is 17.2 Å². The number of primary amides is 1. The van der Waals surface area contributed by atoms with E-state index in [9.17, 15) is 24.3 Å². The summed E-state index contributed by atoms with van der Waals surface area (Å²) in [6.45, 7) is 0.432. The van der Waals surface area contributed by atoms with Crippen LogP contribution in [0.25, 0.3) is 0 Å². The number of carbonyl (C=O) groups excluding carboxylic acids is 3. The zero-order chi connectivity index (χ0) is 20.1. The second-order valence-electron chi connectivity index (χ2n) is 5.87. The van der Waals surface area contributed by atoms with Crippen LogP contribution in [0.5, 0.6) is 0 Å². The van der Waals surface area contributed by atoms with Crippen molar-refractivity contribution in [3.8, 4) is 0 Å². The molecule has 0 rings (SSSR count). The number of rotatable bonds is 14. The van der Waals surface area contributed by atoms with Gasteiger partial charge in [-0.25, -0.2) is 4.79 Å². The Balaban J connectivity index is 4.77. The van der Waals surface area contributed by atoms with E-state index in [1.54, 1.807) is 0 Å². The SMILES string of the molecule is NCCCC[C@H](NC(=O)[C@H](CCS)NC(=O)[C@@H](N)CCC(N)=O)C(=O)O. The zero-order valence-electron chi connectivity index (χ0n) is 14.6. The van der Waals surface area contributed by atoms with Gasteiger partial charge < -0.3 is 32.9 Å². The van der Waals surface area contributed by atoms with Crippen molar-refractivity contribution in [2.24, 2.45) is 17.2 Å². The lowest BCUT2D eigenvalue weighted by molar-refractivity contribution is -0.142. The third kappa shape index (κ3) is 10.2. The van der Waals surface area contributed by atoms with Crippen molar-refractivity contribution in [3.63, 3.8) is 0 Å². The van der Waals surface area contributed by atoms with Crippen LogP contribution >= 0.6 is 12.6 Å². The minimum atomic E-state index is -1.16. The summed E-state index contributed by atoms with van der Waals surface area (Å²) in [5.41, 5.74) is 16.0. The molecule has 10 nitrogen and oxygen atoms in total. The maximum absolute atomic E-state index is 12.3. The summed E-state index contributed by atoms with van der Waals surface area (Å²) >= 11 is 4.04. The smallest absolute Gasteiger partial charge is 0.326 e. The lowest BCUT2D eigenvalue weighted by Gasteiger charge is -2.22. The summed E-state index contributed by atoms with van der Waals surface area (Å²) in [5.74, 6) is -2.71. The van der Waals surface area contributed by atoms with Gasteiger partial charge in [0.15, 0.2) is 0 Å². The Morgan fingerprint density at radius 1 is 0.962 bits per heavy atom. The number of hydrogen-bond donors (Lipinski definition) is 7. The highest BCUT2D eigenvalue weighted by Crippen LogP contribution is 2.04. The average Bonchev–Trinajstić information content (AvgIpc) is 2.57. The molecule has 150 valence electrons. The number of carbonyl (C=O) groups is 4. The first-order valence-electron chi connectivity index (χ1n) is 8.41. The first-order valence-corrected chi connectivity index (χ1v) is 9.04. The topological polar surface area (TPSA) is 191 Å². The van der Waals surface area contributed by atoms with Crippen molar-refractivity contribution in [1.29, 1.82) is 0 Å². The normalized spacial score (nSPS) is 14.1. The third-order valence-corrected chi connectivity index (χ3v) is 3.91. The molecule has 0 bridgehead atoms. The molecule has 0 spiro atoms. The van der Waals surface area contributed by atoms with Gasteiger partial charge in [0.1, 0.15) is 12.1 Å². The van der Waals surface area contributed by atoms with Crippen molar-refractivity contribution >= 4 is 36.3 Å². The van der Waals surface area contributed by atoms with Crippen LogP contribution in [0, 0.1) is 0 Å². The molecule has 0 heterocycles. The van der Waals surface area contributed by atoms with Crippen LogP contribution in [-0.4, -0.2) is 59.2 Å². The molecule has 0 saturated heterocycles. The third-order valence-electron chi connectivity index (χ3n) is 3.65. The van der Waals surface area contributed by atoms with Crippen molar-refractivity contribution in [2.75, 3.05) is 12.3 Å². The number of amides is 3. The van der Waals surface area contributed by atoms with E-state index in [1.807, 2.05) is 0 Å². The standard InChI is InChI=1S/C15H29N5O5S/c16-7-2-1-3-11(15(24)25)20-14(23)10(6-8-26)19-13(22)9(17)4-5-12(18)21/h9-11,26H,1-8,16-17H2,(H2,18,21)(H,19,22)(H,20,23)(H,24,25)/t9-,10-,11-/m0/s1. The Morgan fingerprint density at radius 2 is 1.58 bits per heavy atom. The number of nitrogens with two attached hydrogens (primary N) is 3. The number of carboxylic acids is 1. The molecule has 3 atom stereocenters. The van der Waals surface area contributed by atoms with E-state index in [0.29, 0.717) is 25.1 Å². The van der Waals surface area contributed by atoms with Gasteiger partial charge in [-0.2, -0.15) is 12.6 Å². The fourth-order valence-corrected chi connectivity index (χ4v) is 2.39. The molecule has 0 unspecified atom stereocenters. The van der Waals surface area contributed by atoms with E-state index >= 15 is 0 Å². The maximum atomic E-state index is 12.3. The van der Waals surface area contributed by atoms with Crippen LogP contribution in [0.3, 0.4) is 0 Å². The van der Waals surface area contributed by atoms with Crippen molar-refractivity contribution < 1.29 is 24.3 Å². The highest BCUT2D eigenvalue weighted by atomic mass is 32.1. The Bertz CT molecular complexity index is 491. The van der Waals surface area contributed by atoms with Crippen molar-refractivity contribution in [3.05, 3.63) is 0 Å². The molecule has 26 heavy (non-hydrogen) atoms. The highest BCUT2D eigenvalue weighted by Gasteiger charge is 2.27. The quantitative estimate of drug-likeness (QED) is 0.133. The van der Waals surface area contributed by atoms with Gasteiger partial charge in [-0.15, -0.1) is 0 Å². The molecule has 0 aliphatic rings. The Kier molecular flexibility index (Phi) is 12.4. The van der Waals surface area contributed by atoms with Crippen molar-refractivity contribution in [2.45, 2.75) is 56.7 Å². The lowest BCUT2D eigenvalue weighted by Crippen LogP contribution is -2.54. The summed E-state index contributed by atoms with van der Waals surface area (Å²) in [6, 6.07) is -3.05. The predicted octanol–water partition coefficient (Wildman–Crippen LogP) is -1.92. The fourth-order valence-electron chi connectivity index (χ4n) is 2.13. The minimum Gasteiger partial charge on any atom is -0.480 e. The van der Waals surface area contributed by atoms with Crippen LogP contribution in [-0.2, 0) is 19.2 Å². The summed E-state index contributed by atoms with van der Waals surface area (Å²) < 4.78 is 0. The van der Waals surface area contributed by atoms with Crippen LogP contribution in [0.2, 0.25) is 0 Å². The van der Waals surface area contributed by atoms with Gasteiger partial charge >= 0.3 is 5.97 Å². The number of thiol groups is 1. The van der Waals surface area contributed by atoms with Gasteiger partial charge in [0.05, 0.1) is 6.04 Å². The number of unbranched alkanes of at least 4 members (excludes halogenated alkanes) is 1. The fraction of sp³-hybridized carbons (Fsp3) is 0.733. The van der Waals surface area contributed by atoms with Crippen LogP contribution < -0.4 is 27.8 Å². The van der Waals surface area contributed by atoms with Crippen LogP contribution in [0.4, 0.5) is 0 Å². The van der Waals surface area contributed by atoms with Gasteiger partial charge in [0.25, 0.3) is 0 Å². The summed E-state index contributed by atoms with van der Waals surface area (Å²) in [4.78, 5) is 46.4. The van der Waals surface area contributed by atoms with Crippen molar-refractivity contribution in [1.82, 2.24) is 10.6 Å². The average molecular weight is 391 g/mol. The number of carboxylic acid groups (broad SMARTS) is 1. The van der Waals surface area contributed by atoms with E-state index in [0.717, 1.165) is 0 Å². The molecule has 0 radical (unpaired) electrons. The molecule has 0 fully saturated rings. The first-order chi connectivity index (χ1) is 12.2. The van der Waals surface area contributed by atoms with Crippen LogP contribution in [0.1, 0.15) is 38.5 Å². The molecule has 9 N–H and O–H groups in total. The molecule has 11 heteroatoms. The molecule has 0 saturated carbocycles. The van der Waals surface area contributed by atoms with Gasteiger partial charge in [-0.05, 0) is 44.4 Å². The Hall–Kier alpha value is -1.85. The predicted molar refractivity (Wildman–Crippen MR) is 99.3 cm³/mol. The number of hydrogen-bond acceptors (Lipinski definition) is 7. The first kappa shape index (κ1) is 24.1. The van der Waals surface area contributed by atoms with E-state index < -0.39 is 41.8 Å². The molecule has 0 aromatic rings.